The predicted octanol–water partition coefficient (Wildman–Crippen LogP) is 6.87. The predicted molar refractivity (Wildman–Crippen MR) is 122 cm³/mol. The summed E-state index contributed by atoms with van der Waals surface area (Å²) in [5.41, 5.74) is 3.19. The van der Waals surface area contributed by atoms with E-state index in [-0.39, 0.29) is 5.82 Å². The van der Waals surface area contributed by atoms with Crippen LogP contribution < -0.4 is 4.74 Å². The molecule has 3 aromatic carbocycles. The number of aromatic amines is 1. The van der Waals surface area contributed by atoms with Crippen molar-refractivity contribution >= 4 is 54.5 Å². The molecule has 0 saturated heterocycles. The van der Waals surface area contributed by atoms with E-state index in [0.29, 0.717) is 34.8 Å². The van der Waals surface area contributed by atoms with Gasteiger partial charge in [0.25, 0.3) is 0 Å². The number of H-pyrrole nitrogens is 1. The van der Waals surface area contributed by atoms with Crippen LogP contribution >= 0.6 is 31.9 Å². The van der Waals surface area contributed by atoms with Crippen LogP contribution in [0, 0.1) is 17.1 Å². The maximum absolute atomic E-state index is 13.5. The molecule has 0 atom stereocenters. The molecule has 1 aromatic heterocycles. The lowest BCUT2D eigenvalue weighted by atomic mass is 10.1. The Labute approximate surface area is 189 Å². The molecular formula is C23H14Br2FN3O. The second kappa shape index (κ2) is 8.82. The van der Waals surface area contributed by atoms with Gasteiger partial charge in [0.05, 0.1) is 16.6 Å². The average molecular weight is 527 g/mol. The lowest BCUT2D eigenvalue weighted by molar-refractivity contribution is 0.305. The maximum Gasteiger partial charge on any atom is 0.149 e. The average Bonchev–Trinajstić information content (AvgIpc) is 3.15. The zero-order valence-electron chi connectivity index (χ0n) is 15.5. The number of ether oxygens (including phenoxy) is 1. The number of rotatable bonds is 5. The molecule has 1 N–H and O–H groups in total. The minimum absolute atomic E-state index is 0.318. The van der Waals surface area contributed by atoms with Gasteiger partial charge in [-0.3, -0.25) is 0 Å². The third kappa shape index (κ3) is 4.61. The van der Waals surface area contributed by atoms with Gasteiger partial charge in [0.2, 0.25) is 0 Å². The van der Waals surface area contributed by atoms with E-state index in [2.05, 4.69) is 47.9 Å². The van der Waals surface area contributed by atoms with Crippen molar-refractivity contribution in [2.75, 3.05) is 0 Å². The van der Waals surface area contributed by atoms with E-state index in [1.54, 1.807) is 12.1 Å². The molecule has 4 nitrogen and oxygen atoms in total. The normalized spacial score (nSPS) is 11.5. The van der Waals surface area contributed by atoms with Crippen LogP contribution in [0.2, 0.25) is 0 Å². The standard InChI is InChI=1S/C23H14Br2FN3O/c24-17-3-1-14(2-4-17)13-30-22-8-5-18(25)10-15(22)9-16(12-27)23-28-20-7-6-19(26)11-21(20)29-23/h1-11H,13H2,(H,28,29)/b16-9-. The number of allylic oxidation sites excluding steroid dienone is 1. The van der Waals surface area contributed by atoms with Crippen LogP contribution in [-0.2, 0) is 6.61 Å². The van der Waals surface area contributed by atoms with Gasteiger partial charge >= 0.3 is 0 Å². The second-order valence-corrected chi connectivity index (χ2v) is 8.35. The molecule has 0 saturated carbocycles. The van der Waals surface area contributed by atoms with Gasteiger partial charge < -0.3 is 9.72 Å². The van der Waals surface area contributed by atoms with Gasteiger partial charge in [0.15, 0.2) is 0 Å². The van der Waals surface area contributed by atoms with Crippen LogP contribution in [0.25, 0.3) is 22.7 Å². The summed E-state index contributed by atoms with van der Waals surface area (Å²) in [7, 11) is 0. The summed E-state index contributed by atoms with van der Waals surface area (Å²) >= 11 is 6.89. The second-order valence-electron chi connectivity index (χ2n) is 6.51. The highest BCUT2D eigenvalue weighted by Crippen LogP contribution is 2.29. The lowest BCUT2D eigenvalue weighted by Crippen LogP contribution is -1.97. The van der Waals surface area contributed by atoms with Crippen molar-refractivity contribution in [2.24, 2.45) is 0 Å². The maximum atomic E-state index is 13.5. The van der Waals surface area contributed by atoms with Crippen molar-refractivity contribution in [2.45, 2.75) is 6.61 Å². The number of halogens is 3. The Morgan fingerprint density at radius 1 is 1.07 bits per heavy atom. The number of nitrogens with one attached hydrogen (secondary N) is 1. The number of fused-ring (bicyclic) bond motifs is 1. The van der Waals surface area contributed by atoms with Gasteiger partial charge in [-0.15, -0.1) is 0 Å². The smallest absolute Gasteiger partial charge is 0.149 e. The first-order valence-corrected chi connectivity index (χ1v) is 10.5. The summed E-state index contributed by atoms with van der Waals surface area (Å²) in [6, 6.07) is 19.9. The van der Waals surface area contributed by atoms with Crippen molar-refractivity contribution in [3.63, 3.8) is 0 Å². The fraction of sp³-hybridized carbons (Fsp3) is 0.0435. The van der Waals surface area contributed by atoms with Gasteiger partial charge in [-0.2, -0.15) is 5.26 Å². The Morgan fingerprint density at radius 2 is 1.83 bits per heavy atom. The molecule has 0 spiro atoms. The van der Waals surface area contributed by atoms with Crippen LogP contribution in [0.3, 0.4) is 0 Å². The Balaban J connectivity index is 1.67. The quantitative estimate of drug-likeness (QED) is 0.288. The SMILES string of the molecule is N#C/C(=C/c1cc(Br)ccc1OCc1ccc(Br)cc1)c1nc2ccc(F)cc2[nH]1. The van der Waals surface area contributed by atoms with E-state index < -0.39 is 0 Å². The van der Waals surface area contributed by atoms with Crippen LogP contribution in [0.4, 0.5) is 4.39 Å². The number of hydrogen-bond acceptors (Lipinski definition) is 3. The van der Waals surface area contributed by atoms with Crippen molar-refractivity contribution < 1.29 is 9.13 Å². The van der Waals surface area contributed by atoms with E-state index in [1.807, 2.05) is 42.5 Å². The molecule has 0 fully saturated rings. The largest absolute Gasteiger partial charge is 0.488 e. The minimum atomic E-state index is -0.365. The molecule has 0 bridgehead atoms. The number of imidazole rings is 1. The summed E-state index contributed by atoms with van der Waals surface area (Å²) < 4.78 is 21.3. The molecule has 7 heteroatoms. The van der Waals surface area contributed by atoms with Gasteiger partial charge in [-0.1, -0.05) is 44.0 Å². The fourth-order valence-corrected chi connectivity index (χ4v) is 3.57. The van der Waals surface area contributed by atoms with Gasteiger partial charge in [-0.25, -0.2) is 9.37 Å². The third-order valence-corrected chi connectivity index (χ3v) is 5.42. The van der Waals surface area contributed by atoms with Crippen LogP contribution in [-0.4, -0.2) is 9.97 Å². The Hall–Kier alpha value is -2.95. The fourth-order valence-electron chi connectivity index (χ4n) is 2.92. The molecular weight excluding hydrogens is 513 g/mol. The molecule has 0 unspecified atom stereocenters. The van der Waals surface area contributed by atoms with E-state index in [0.717, 1.165) is 20.1 Å². The summed E-state index contributed by atoms with van der Waals surface area (Å²) in [6.07, 6.45) is 1.70. The highest BCUT2D eigenvalue weighted by molar-refractivity contribution is 9.10. The van der Waals surface area contributed by atoms with Gasteiger partial charge in [0, 0.05) is 14.5 Å². The zero-order valence-corrected chi connectivity index (χ0v) is 18.7. The number of aromatic nitrogens is 2. The summed E-state index contributed by atoms with van der Waals surface area (Å²) in [4.78, 5) is 7.41. The highest BCUT2D eigenvalue weighted by atomic mass is 79.9. The minimum Gasteiger partial charge on any atom is -0.488 e. The Kier molecular flexibility index (Phi) is 5.98. The van der Waals surface area contributed by atoms with Gasteiger partial charge in [-0.05, 0) is 60.2 Å². The summed E-state index contributed by atoms with van der Waals surface area (Å²) in [6.45, 7) is 0.390. The molecule has 0 aliphatic carbocycles. The Morgan fingerprint density at radius 3 is 2.60 bits per heavy atom. The van der Waals surface area contributed by atoms with Crippen LogP contribution in [0.15, 0.2) is 69.6 Å². The molecule has 0 radical (unpaired) electrons. The van der Waals surface area contributed by atoms with Crippen molar-refractivity contribution in [1.29, 1.82) is 5.26 Å². The van der Waals surface area contributed by atoms with Gasteiger partial charge in [0.1, 0.15) is 30.1 Å². The molecule has 4 aromatic rings. The van der Waals surface area contributed by atoms with Crippen LogP contribution in [0.1, 0.15) is 17.0 Å². The van der Waals surface area contributed by atoms with Crippen molar-refractivity contribution in [3.05, 3.63) is 92.4 Å². The number of hydrogen-bond donors (Lipinski definition) is 1. The molecule has 0 amide bonds. The first-order chi connectivity index (χ1) is 14.5. The molecule has 4 rings (SSSR count). The number of nitrogens with zero attached hydrogens (tertiary/aromatic N) is 2. The van der Waals surface area contributed by atoms with E-state index in [4.69, 9.17) is 4.74 Å². The molecule has 148 valence electrons. The van der Waals surface area contributed by atoms with E-state index in [1.165, 1.54) is 12.1 Å². The zero-order chi connectivity index (χ0) is 21.1. The first kappa shape index (κ1) is 20.3. The first-order valence-electron chi connectivity index (χ1n) is 8.96. The molecule has 30 heavy (non-hydrogen) atoms. The van der Waals surface area contributed by atoms with Crippen molar-refractivity contribution in [1.82, 2.24) is 9.97 Å². The topological polar surface area (TPSA) is 61.7 Å². The molecule has 0 aliphatic heterocycles. The summed E-state index contributed by atoms with van der Waals surface area (Å²) in [5.74, 6) is 0.642. The highest BCUT2D eigenvalue weighted by Gasteiger charge is 2.11. The van der Waals surface area contributed by atoms with Crippen LogP contribution in [0.5, 0.6) is 5.75 Å². The van der Waals surface area contributed by atoms with Crippen molar-refractivity contribution in [3.8, 4) is 11.8 Å². The molecule has 0 aliphatic rings. The summed E-state index contributed by atoms with van der Waals surface area (Å²) in [5, 5.41) is 9.71. The monoisotopic (exact) mass is 525 g/mol. The third-order valence-electron chi connectivity index (χ3n) is 4.40. The van der Waals surface area contributed by atoms with E-state index >= 15 is 0 Å². The number of benzene rings is 3. The van der Waals surface area contributed by atoms with E-state index in [9.17, 15) is 9.65 Å². The number of nitriles is 1. The molecule has 1 heterocycles. The Bertz CT molecular complexity index is 1290. The lowest BCUT2D eigenvalue weighted by Gasteiger charge is -2.10.